The third-order valence-corrected chi connectivity index (χ3v) is 6.01. The van der Waals surface area contributed by atoms with E-state index in [2.05, 4.69) is 27.4 Å². The Morgan fingerprint density at radius 2 is 2.07 bits per heavy atom. The van der Waals surface area contributed by atoms with Crippen LogP contribution in [0.3, 0.4) is 0 Å². The maximum Gasteiger partial charge on any atom is 0.223 e. The lowest BCUT2D eigenvalue weighted by atomic mass is 9.93. The first-order chi connectivity index (χ1) is 13.2. The third kappa shape index (κ3) is 3.10. The number of aromatic nitrogens is 2. The lowest BCUT2D eigenvalue weighted by molar-refractivity contribution is -0.126. The molecule has 1 N–H and O–H groups in total. The molecule has 5 nitrogen and oxygen atoms in total. The summed E-state index contributed by atoms with van der Waals surface area (Å²) in [5, 5.41) is 3.74. The van der Waals surface area contributed by atoms with E-state index in [0.717, 1.165) is 29.7 Å². The lowest BCUT2D eigenvalue weighted by Gasteiger charge is -2.19. The van der Waals surface area contributed by atoms with Gasteiger partial charge in [0.2, 0.25) is 5.91 Å². The highest BCUT2D eigenvalue weighted by Gasteiger charge is 2.40. The van der Waals surface area contributed by atoms with Gasteiger partial charge < -0.3 is 10.1 Å². The molecular weight excluding hydrogens is 362 g/mol. The number of carbonyl (C=O) groups is 1. The van der Waals surface area contributed by atoms with Crippen LogP contribution in [0.1, 0.15) is 18.4 Å². The molecule has 1 saturated carbocycles. The molecule has 0 radical (unpaired) electrons. The molecule has 3 aliphatic rings. The SMILES string of the molecule is O=C(NCC1Cc2cc(Cl)cc(-c3ncccn3)c2O1)[C@@H]1C[C@@H]2C=C[C@H]1C2. The predicted molar refractivity (Wildman–Crippen MR) is 102 cm³/mol. The van der Waals surface area contributed by atoms with Gasteiger partial charge in [0.05, 0.1) is 12.1 Å². The summed E-state index contributed by atoms with van der Waals surface area (Å²) in [5.41, 5.74) is 1.83. The molecule has 1 unspecified atom stereocenters. The largest absolute Gasteiger partial charge is 0.487 e. The average molecular weight is 382 g/mol. The number of ether oxygens (including phenoxy) is 1. The molecular formula is C21H20ClN3O2. The van der Waals surface area contributed by atoms with E-state index < -0.39 is 0 Å². The van der Waals surface area contributed by atoms with Crippen LogP contribution in [0.5, 0.6) is 5.75 Å². The van der Waals surface area contributed by atoms with Crippen molar-refractivity contribution in [2.45, 2.75) is 25.4 Å². The number of halogens is 1. The Morgan fingerprint density at radius 1 is 1.22 bits per heavy atom. The van der Waals surface area contributed by atoms with Gasteiger partial charge in [0, 0.05) is 35.3 Å². The number of hydrogen-bond acceptors (Lipinski definition) is 4. The number of nitrogens with one attached hydrogen (secondary N) is 1. The van der Waals surface area contributed by atoms with Crippen molar-refractivity contribution in [3.8, 4) is 17.1 Å². The number of fused-ring (bicyclic) bond motifs is 3. The van der Waals surface area contributed by atoms with Crippen molar-refractivity contribution in [3.05, 3.63) is 53.3 Å². The minimum atomic E-state index is -0.0981. The van der Waals surface area contributed by atoms with Gasteiger partial charge in [-0.05, 0) is 42.9 Å². The Bertz CT molecular complexity index is 915. The summed E-state index contributed by atoms with van der Waals surface area (Å²) in [5.74, 6) is 2.63. The van der Waals surface area contributed by atoms with Crippen LogP contribution in [0.15, 0.2) is 42.7 Å². The number of amides is 1. The fraction of sp³-hybridized carbons (Fsp3) is 0.381. The van der Waals surface area contributed by atoms with Crippen LogP contribution in [0.25, 0.3) is 11.4 Å². The smallest absolute Gasteiger partial charge is 0.223 e. The van der Waals surface area contributed by atoms with Gasteiger partial charge >= 0.3 is 0 Å². The summed E-state index contributed by atoms with van der Waals surface area (Å²) >= 11 is 6.29. The molecule has 138 valence electrons. The molecule has 2 aliphatic carbocycles. The molecule has 27 heavy (non-hydrogen) atoms. The van der Waals surface area contributed by atoms with E-state index in [-0.39, 0.29) is 17.9 Å². The summed E-state index contributed by atoms with van der Waals surface area (Å²) in [4.78, 5) is 21.2. The number of hydrogen-bond donors (Lipinski definition) is 1. The molecule has 2 aromatic rings. The van der Waals surface area contributed by atoms with E-state index in [4.69, 9.17) is 16.3 Å². The van der Waals surface area contributed by atoms with Gasteiger partial charge in [-0.2, -0.15) is 0 Å². The topological polar surface area (TPSA) is 64.1 Å². The van der Waals surface area contributed by atoms with Crippen LogP contribution in [-0.2, 0) is 11.2 Å². The highest BCUT2D eigenvalue weighted by Crippen LogP contribution is 2.43. The molecule has 0 saturated heterocycles. The van der Waals surface area contributed by atoms with E-state index in [1.54, 1.807) is 18.5 Å². The van der Waals surface area contributed by atoms with Gasteiger partial charge in [-0.15, -0.1) is 0 Å². The van der Waals surface area contributed by atoms with Crippen LogP contribution >= 0.6 is 11.6 Å². The van der Waals surface area contributed by atoms with Crippen molar-refractivity contribution in [2.75, 3.05) is 6.54 Å². The second kappa shape index (κ2) is 6.64. The van der Waals surface area contributed by atoms with Crippen LogP contribution in [0.2, 0.25) is 5.02 Å². The molecule has 2 heterocycles. The molecule has 2 bridgehead atoms. The summed E-state index contributed by atoms with van der Waals surface area (Å²) in [6, 6.07) is 5.53. The van der Waals surface area contributed by atoms with Gasteiger partial charge in [-0.25, -0.2) is 9.97 Å². The predicted octanol–water partition coefficient (Wildman–Crippen LogP) is 3.43. The summed E-state index contributed by atoms with van der Waals surface area (Å²) in [6.45, 7) is 0.498. The Morgan fingerprint density at radius 3 is 2.81 bits per heavy atom. The van der Waals surface area contributed by atoms with Crippen LogP contribution in [-0.4, -0.2) is 28.5 Å². The summed E-state index contributed by atoms with van der Waals surface area (Å²) < 4.78 is 6.16. The number of allylic oxidation sites excluding steroid dienone is 2. The molecule has 4 atom stereocenters. The van der Waals surface area contributed by atoms with Crippen LogP contribution < -0.4 is 10.1 Å². The molecule has 1 fully saturated rings. The van der Waals surface area contributed by atoms with Gasteiger partial charge in [-0.1, -0.05) is 23.8 Å². The zero-order valence-corrected chi connectivity index (χ0v) is 15.5. The lowest BCUT2D eigenvalue weighted by Crippen LogP contribution is -2.39. The van der Waals surface area contributed by atoms with E-state index in [1.165, 1.54) is 0 Å². The number of carbonyl (C=O) groups excluding carboxylic acids is 1. The quantitative estimate of drug-likeness (QED) is 0.824. The molecule has 1 aromatic carbocycles. The Kier molecular flexibility index (Phi) is 4.12. The Labute approximate surface area is 162 Å². The standard InChI is InChI=1S/C21H20ClN3O2/c22-15-8-14-9-16(11-25-21(26)17-7-12-2-3-13(17)6-12)27-19(14)18(10-15)20-23-4-1-5-24-20/h1-5,8,10,12-13,16-17H,6-7,9,11H2,(H,25,26)/t12-,13+,16?,17-/m1/s1. The molecule has 6 heteroatoms. The first-order valence-corrected chi connectivity index (χ1v) is 9.77. The highest BCUT2D eigenvalue weighted by atomic mass is 35.5. The van der Waals surface area contributed by atoms with Crippen molar-refractivity contribution in [2.24, 2.45) is 17.8 Å². The first kappa shape index (κ1) is 16.8. The van der Waals surface area contributed by atoms with Crippen molar-refractivity contribution in [1.29, 1.82) is 0 Å². The normalized spacial score (nSPS) is 27.4. The third-order valence-electron chi connectivity index (χ3n) is 5.79. The zero-order valence-electron chi connectivity index (χ0n) is 14.8. The summed E-state index contributed by atoms with van der Waals surface area (Å²) in [6.07, 6.45) is 10.6. The number of nitrogens with zero attached hydrogens (tertiary/aromatic N) is 2. The van der Waals surface area contributed by atoms with Crippen LogP contribution in [0.4, 0.5) is 0 Å². The fourth-order valence-corrected chi connectivity index (χ4v) is 4.78. The van der Waals surface area contributed by atoms with Gasteiger partial charge in [0.15, 0.2) is 5.82 Å². The minimum Gasteiger partial charge on any atom is -0.487 e. The van der Waals surface area contributed by atoms with Crippen molar-refractivity contribution in [1.82, 2.24) is 15.3 Å². The summed E-state index contributed by atoms with van der Waals surface area (Å²) in [7, 11) is 0. The molecule has 5 rings (SSSR count). The van der Waals surface area contributed by atoms with E-state index in [1.807, 2.05) is 12.1 Å². The van der Waals surface area contributed by atoms with Gasteiger partial charge in [-0.3, -0.25) is 4.79 Å². The zero-order chi connectivity index (χ0) is 18.4. The maximum atomic E-state index is 12.6. The minimum absolute atomic E-state index is 0.0981. The van der Waals surface area contributed by atoms with Gasteiger partial charge in [0.1, 0.15) is 11.9 Å². The number of benzene rings is 1. The van der Waals surface area contributed by atoms with E-state index in [0.29, 0.717) is 35.6 Å². The Hall–Kier alpha value is -2.40. The molecule has 1 aromatic heterocycles. The van der Waals surface area contributed by atoms with Crippen LogP contribution in [0, 0.1) is 17.8 Å². The second-order valence-corrected chi connectivity index (χ2v) is 8.03. The molecule has 1 aliphatic heterocycles. The number of rotatable bonds is 4. The van der Waals surface area contributed by atoms with Crippen molar-refractivity contribution < 1.29 is 9.53 Å². The first-order valence-electron chi connectivity index (χ1n) is 9.40. The monoisotopic (exact) mass is 381 g/mol. The maximum absolute atomic E-state index is 12.6. The van der Waals surface area contributed by atoms with E-state index in [9.17, 15) is 4.79 Å². The average Bonchev–Trinajstić information content (AvgIpc) is 3.41. The molecule has 0 spiro atoms. The second-order valence-electron chi connectivity index (χ2n) is 7.59. The van der Waals surface area contributed by atoms with Crippen molar-refractivity contribution in [3.63, 3.8) is 0 Å². The fourth-order valence-electron chi connectivity index (χ4n) is 4.54. The van der Waals surface area contributed by atoms with Crippen molar-refractivity contribution >= 4 is 17.5 Å². The Balaban J connectivity index is 1.28. The van der Waals surface area contributed by atoms with E-state index >= 15 is 0 Å². The highest BCUT2D eigenvalue weighted by molar-refractivity contribution is 6.31. The van der Waals surface area contributed by atoms with Gasteiger partial charge in [0.25, 0.3) is 0 Å². The molecule has 1 amide bonds.